The van der Waals surface area contributed by atoms with Crippen molar-refractivity contribution in [3.8, 4) is 11.4 Å². The van der Waals surface area contributed by atoms with Gasteiger partial charge in [-0.15, -0.1) is 0 Å². The molecule has 6 heteroatoms. The molecule has 0 bridgehead atoms. The van der Waals surface area contributed by atoms with E-state index in [4.69, 9.17) is 4.52 Å². The summed E-state index contributed by atoms with van der Waals surface area (Å²) in [6, 6.07) is 12.6. The maximum Gasteiger partial charge on any atom is 0.251 e. The molecule has 0 fully saturated rings. The van der Waals surface area contributed by atoms with Crippen LogP contribution in [0, 0.1) is 12.7 Å². The number of amides is 1. The van der Waals surface area contributed by atoms with Gasteiger partial charge in [0.1, 0.15) is 11.9 Å². The Labute approximate surface area is 138 Å². The number of halogens is 1. The maximum absolute atomic E-state index is 12.9. The molecule has 1 atom stereocenters. The molecule has 0 radical (unpaired) electrons. The van der Waals surface area contributed by atoms with Crippen LogP contribution in [0.2, 0.25) is 0 Å². The molecule has 2 aromatic carbocycles. The van der Waals surface area contributed by atoms with Crippen molar-refractivity contribution in [2.24, 2.45) is 0 Å². The molecule has 3 aromatic rings. The average Bonchev–Trinajstić information content (AvgIpc) is 3.06. The quantitative estimate of drug-likeness (QED) is 0.794. The number of nitrogens with one attached hydrogen (secondary N) is 1. The molecule has 0 aliphatic carbocycles. The van der Waals surface area contributed by atoms with Crippen LogP contribution in [0.1, 0.15) is 34.8 Å². The third kappa shape index (κ3) is 3.48. The average molecular weight is 325 g/mol. The van der Waals surface area contributed by atoms with E-state index in [2.05, 4.69) is 15.5 Å². The van der Waals surface area contributed by atoms with Crippen LogP contribution in [0.25, 0.3) is 11.4 Å². The van der Waals surface area contributed by atoms with Crippen molar-refractivity contribution in [1.82, 2.24) is 15.5 Å². The Kier molecular flexibility index (Phi) is 4.37. The first kappa shape index (κ1) is 15.9. The molecule has 122 valence electrons. The largest absolute Gasteiger partial charge is 0.341 e. The van der Waals surface area contributed by atoms with Crippen LogP contribution >= 0.6 is 0 Å². The number of carbonyl (C=O) groups is 1. The first-order valence-corrected chi connectivity index (χ1v) is 7.50. The van der Waals surface area contributed by atoms with Gasteiger partial charge in [-0.2, -0.15) is 4.98 Å². The van der Waals surface area contributed by atoms with Gasteiger partial charge in [-0.1, -0.05) is 35.0 Å². The summed E-state index contributed by atoms with van der Waals surface area (Å²) < 4.78 is 18.1. The standard InChI is InChI=1S/C18H16FN3O2/c1-11-3-5-13(6-4-11)16-21-18(24-22-16)12(2)20-17(23)14-7-9-15(19)10-8-14/h3-10,12H,1-2H3,(H,20,23). The van der Waals surface area contributed by atoms with E-state index in [9.17, 15) is 9.18 Å². The smallest absolute Gasteiger partial charge is 0.251 e. The van der Waals surface area contributed by atoms with Crippen molar-refractivity contribution in [2.75, 3.05) is 0 Å². The zero-order valence-corrected chi connectivity index (χ0v) is 13.3. The van der Waals surface area contributed by atoms with E-state index in [0.717, 1.165) is 11.1 Å². The van der Waals surface area contributed by atoms with Crippen LogP contribution in [-0.4, -0.2) is 16.0 Å². The highest BCUT2D eigenvalue weighted by molar-refractivity contribution is 5.94. The Morgan fingerprint density at radius 1 is 1.12 bits per heavy atom. The summed E-state index contributed by atoms with van der Waals surface area (Å²) in [4.78, 5) is 16.4. The normalized spacial score (nSPS) is 12.0. The first-order valence-electron chi connectivity index (χ1n) is 7.50. The van der Waals surface area contributed by atoms with Crippen LogP contribution in [-0.2, 0) is 0 Å². The lowest BCUT2D eigenvalue weighted by atomic mass is 10.1. The molecule has 24 heavy (non-hydrogen) atoms. The summed E-state index contributed by atoms with van der Waals surface area (Å²) in [6.07, 6.45) is 0. The van der Waals surface area contributed by atoms with Gasteiger partial charge in [0.05, 0.1) is 0 Å². The molecule has 1 amide bonds. The Morgan fingerprint density at radius 3 is 2.46 bits per heavy atom. The molecule has 0 aliphatic heterocycles. The van der Waals surface area contributed by atoms with Gasteiger partial charge >= 0.3 is 0 Å². The van der Waals surface area contributed by atoms with Gasteiger partial charge in [0.25, 0.3) is 5.91 Å². The number of carbonyl (C=O) groups excluding carboxylic acids is 1. The number of hydrogen-bond acceptors (Lipinski definition) is 4. The SMILES string of the molecule is Cc1ccc(-c2noc(C(C)NC(=O)c3ccc(F)cc3)n2)cc1. The lowest BCUT2D eigenvalue weighted by Gasteiger charge is -2.09. The van der Waals surface area contributed by atoms with Crippen LogP contribution in [0.5, 0.6) is 0 Å². The predicted molar refractivity (Wildman–Crippen MR) is 86.8 cm³/mol. The van der Waals surface area contributed by atoms with E-state index in [1.807, 2.05) is 31.2 Å². The van der Waals surface area contributed by atoms with E-state index in [1.165, 1.54) is 24.3 Å². The second-order valence-corrected chi connectivity index (χ2v) is 5.52. The fourth-order valence-corrected chi connectivity index (χ4v) is 2.17. The van der Waals surface area contributed by atoms with Crippen molar-refractivity contribution in [2.45, 2.75) is 19.9 Å². The second-order valence-electron chi connectivity index (χ2n) is 5.52. The van der Waals surface area contributed by atoms with E-state index >= 15 is 0 Å². The molecule has 1 aromatic heterocycles. The monoisotopic (exact) mass is 325 g/mol. The highest BCUT2D eigenvalue weighted by Crippen LogP contribution is 2.19. The molecule has 1 unspecified atom stereocenters. The summed E-state index contributed by atoms with van der Waals surface area (Å²) in [7, 11) is 0. The van der Waals surface area contributed by atoms with E-state index in [1.54, 1.807) is 6.92 Å². The molecule has 1 heterocycles. The molecule has 0 aliphatic rings. The van der Waals surface area contributed by atoms with Crippen molar-refractivity contribution in [1.29, 1.82) is 0 Å². The fraction of sp³-hybridized carbons (Fsp3) is 0.167. The van der Waals surface area contributed by atoms with Crippen LogP contribution in [0.15, 0.2) is 53.1 Å². The van der Waals surface area contributed by atoms with E-state index < -0.39 is 6.04 Å². The minimum Gasteiger partial charge on any atom is -0.341 e. The van der Waals surface area contributed by atoms with E-state index in [0.29, 0.717) is 17.3 Å². The molecule has 0 saturated heterocycles. The summed E-state index contributed by atoms with van der Waals surface area (Å²) in [5.41, 5.74) is 2.34. The van der Waals surface area contributed by atoms with Gasteiger partial charge in [-0.3, -0.25) is 4.79 Å². The molecular formula is C18H16FN3O2. The lowest BCUT2D eigenvalue weighted by molar-refractivity contribution is 0.0932. The highest BCUT2D eigenvalue weighted by Gasteiger charge is 2.18. The van der Waals surface area contributed by atoms with Gasteiger partial charge in [0.15, 0.2) is 0 Å². The number of hydrogen-bond donors (Lipinski definition) is 1. The van der Waals surface area contributed by atoms with Gasteiger partial charge in [0.2, 0.25) is 11.7 Å². The number of nitrogens with zero attached hydrogens (tertiary/aromatic N) is 2. The summed E-state index contributed by atoms with van der Waals surface area (Å²) >= 11 is 0. The highest BCUT2D eigenvalue weighted by atomic mass is 19.1. The number of aryl methyl sites for hydroxylation is 1. The van der Waals surface area contributed by atoms with Crippen LogP contribution in [0.4, 0.5) is 4.39 Å². The third-order valence-corrected chi connectivity index (χ3v) is 3.58. The zero-order valence-electron chi connectivity index (χ0n) is 13.3. The predicted octanol–water partition coefficient (Wildman–Crippen LogP) is 3.68. The van der Waals surface area contributed by atoms with Gasteiger partial charge in [-0.05, 0) is 38.1 Å². The second kappa shape index (κ2) is 6.62. The molecule has 0 spiro atoms. The minimum absolute atomic E-state index is 0.307. The first-order chi connectivity index (χ1) is 11.5. The summed E-state index contributed by atoms with van der Waals surface area (Å²) in [5.74, 6) is 0.0470. The van der Waals surface area contributed by atoms with Gasteiger partial charge < -0.3 is 9.84 Å². The Bertz CT molecular complexity index is 841. The van der Waals surface area contributed by atoms with Crippen molar-refractivity contribution >= 4 is 5.91 Å². The van der Waals surface area contributed by atoms with Crippen LogP contribution < -0.4 is 5.32 Å². The molecule has 5 nitrogen and oxygen atoms in total. The fourth-order valence-electron chi connectivity index (χ4n) is 2.17. The molecule has 3 rings (SSSR count). The van der Waals surface area contributed by atoms with Crippen molar-refractivity contribution < 1.29 is 13.7 Å². The Hall–Kier alpha value is -3.02. The Morgan fingerprint density at radius 2 is 1.79 bits per heavy atom. The third-order valence-electron chi connectivity index (χ3n) is 3.58. The van der Waals surface area contributed by atoms with E-state index in [-0.39, 0.29) is 11.7 Å². The number of aromatic nitrogens is 2. The van der Waals surface area contributed by atoms with Crippen LogP contribution in [0.3, 0.4) is 0 Å². The Balaban J connectivity index is 1.71. The summed E-state index contributed by atoms with van der Waals surface area (Å²) in [6.45, 7) is 3.74. The van der Waals surface area contributed by atoms with Gasteiger partial charge in [-0.25, -0.2) is 4.39 Å². The molecule has 0 saturated carbocycles. The van der Waals surface area contributed by atoms with Gasteiger partial charge in [0, 0.05) is 11.1 Å². The maximum atomic E-state index is 12.9. The zero-order chi connectivity index (χ0) is 17.1. The number of rotatable bonds is 4. The van der Waals surface area contributed by atoms with Crippen molar-refractivity contribution in [3.63, 3.8) is 0 Å². The minimum atomic E-state index is -0.464. The number of benzene rings is 2. The molecule has 1 N–H and O–H groups in total. The summed E-state index contributed by atoms with van der Waals surface area (Å²) in [5, 5.41) is 6.69. The topological polar surface area (TPSA) is 68.0 Å². The molecular weight excluding hydrogens is 309 g/mol. The lowest BCUT2D eigenvalue weighted by Crippen LogP contribution is -2.26. The van der Waals surface area contributed by atoms with Crippen molar-refractivity contribution in [3.05, 3.63) is 71.4 Å².